The number of Topliss-reactive ketones (excluding diaryl/α,β-unsaturated/α-hetero) is 1. The molecule has 4 heteroatoms. The van der Waals surface area contributed by atoms with Gasteiger partial charge in [-0.2, -0.15) is 0 Å². The second-order valence-corrected chi connectivity index (χ2v) is 6.11. The first kappa shape index (κ1) is 16.2. The Kier molecular flexibility index (Phi) is 5.22. The van der Waals surface area contributed by atoms with Gasteiger partial charge in [0.2, 0.25) is 0 Å². The van der Waals surface area contributed by atoms with Crippen LogP contribution in [-0.4, -0.2) is 35.3 Å². The van der Waals surface area contributed by atoms with E-state index in [1.165, 1.54) is 0 Å². The van der Waals surface area contributed by atoms with Crippen molar-refractivity contribution in [3.05, 3.63) is 23.0 Å². The largest absolute Gasteiger partial charge is 0.375 e. The normalized spacial score (nSPS) is 26.0. The highest BCUT2D eigenvalue weighted by Gasteiger charge is 2.26. The van der Waals surface area contributed by atoms with Crippen molar-refractivity contribution < 1.29 is 14.3 Å². The fourth-order valence-corrected chi connectivity index (χ4v) is 3.32. The Labute approximate surface area is 127 Å². The molecule has 1 saturated heterocycles. The van der Waals surface area contributed by atoms with Crippen LogP contribution in [0.15, 0.2) is 6.07 Å². The maximum Gasteiger partial charge on any atom is 0.190 e. The van der Waals surface area contributed by atoms with Gasteiger partial charge in [-0.25, -0.2) is 0 Å². The predicted molar refractivity (Wildman–Crippen MR) is 82.9 cm³/mol. The highest BCUT2D eigenvalue weighted by Crippen LogP contribution is 2.22. The molecule has 118 valence electrons. The molecule has 1 aliphatic heterocycles. The van der Waals surface area contributed by atoms with Gasteiger partial charge in [-0.1, -0.05) is 0 Å². The molecule has 2 rings (SSSR count). The van der Waals surface area contributed by atoms with E-state index in [2.05, 4.69) is 25.3 Å². The van der Waals surface area contributed by atoms with Crippen molar-refractivity contribution in [2.75, 3.05) is 6.61 Å². The number of carbonyl (C=O) groups is 1. The maximum atomic E-state index is 12.4. The first-order valence-electron chi connectivity index (χ1n) is 7.89. The molecular formula is C17H27NO3. The van der Waals surface area contributed by atoms with Gasteiger partial charge in [0.1, 0.15) is 6.61 Å². The van der Waals surface area contributed by atoms with E-state index in [9.17, 15) is 4.79 Å². The van der Waals surface area contributed by atoms with Crippen molar-refractivity contribution in [2.45, 2.75) is 72.3 Å². The highest BCUT2D eigenvalue weighted by atomic mass is 16.5. The van der Waals surface area contributed by atoms with Gasteiger partial charge in [-0.3, -0.25) is 4.79 Å². The number of ether oxygens (including phenoxy) is 2. The minimum absolute atomic E-state index is 0.0783. The van der Waals surface area contributed by atoms with Crippen LogP contribution in [-0.2, 0) is 16.0 Å². The smallest absolute Gasteiger partial charge is 0.190 e. The van der Waals surface area contributed by atoms with Crippen LogP contribution in [0.1, 0.15) is 55.4 Å². The Bertz CT molecular complexity index is 496. The van der Waals surface area contributed by atoms with E-state index in [0.717, 1.165) is 36.3 Å². The summed E-state index contributed by atoms with van der Waals surface area (Å²) in [6.45, 7) is 11.3. The Balaban J connectivity index is 1.96. The van der Waals surface area contributed by atoms with Gasteiger partial charge in [0.25, 0.3) is 0 Å². The molecule has 2 heterocycles. The van der Waals surface area contributed by atoms with E-state index in [-0.39, 0.29) is 30.7 Å². The van der Waals surface area contributed by atoms with Gasteiger partial charge in [-0.05, 0) is 53.5 Å². The monoisotopic (exact) mass is 293 g/mol. The first-order chi connectivity index (χ1) is 9.92. The fraction of sp³-hybridized carbons (Fsp3) is 0.706. The maximum absolute atomic E-state index is 12.4. The number of hydrogen-bond donors (Lipinski definition) is 0. The van der Waals surface area contributed by atoms with Crippen LogP contribution in [0.2, 0.25) is 0 Å². The third-order valence-electron chi connectivity index (χ3n) is 4.29. The van der Waals surface area contributed by atoms with Gasteiger partial charge in [-0.15, -0.1) is 0 Å². The van der Waals surface area contributed by atoms with E-state index in [0.29, 0.717) is 0 Å². The lowest BCUT2D eigenvalue weighted by molar-refractivity contribution is -0.0975. The molecule has 0 spiro atoms. The lowest BCUT2D eigenvalue weighted by Crippen LogP contribution is -2.35. The van der Waals surface area contributed by atoms with E-state index in [4.69, 9.17) is 9.47 Å². The Morgan fingerprint density at radius 2 is 1.95 bits per heavy atom. The second-order valence-electron chi connectivity index (χ2n) is 6.11. The zero-order valence-corrected chi connectivity index (χ0v) is 13.8. The third-order valence-corrected chi connectivity index (χ3v) is 4.29. The molecule has 0 bridgehead atoms. The highest BCUT2D eigenvalue weighted by molar-refractivity contribution is 5.98. The van der Waals surface area contributed by atoms with Crippen molar-refractivity contribution in [1.82, 2.24) is 4.57 Å². The molecule has 1 aromatic rings. The summed E-state index contributed by atoms with van der Waals surface area (Å²) >= 11 is 0. The van der Waals surface area contributed by atoms with Crippen molar-refractivity contribution in [3.63, 3.8) is 0 Å². The molecule has 0 amide bonds. The van der Waals surface area contributed by atoms with Crippen LogP contribution in [0, 0.1) is 13.8 Å². The van der Waals surface area contributed by atoms with Gasteiger partial charge in [0, 0.05) is 23.5 Å². The summed E-state index contributed by atoms with van der Waals surface area (Å²) in [7, 11) is 0. The van der Waals surface area contributed by atoms with E-state index in [1.807, 2.05) is 19.9 Å². The summed E-state index contributed by atoms with van der Waals surface area (Å²) < 4.78 is 13.7. The zero-order valence-electron chi connectivity index (χ0n) is 13.8. The molecule has 0 aliphatic carbocycles. The van der Waals surface area contributed by atoms with Gasteiger partial charge in [0.05, 0.1) is 18.3 Å². The molecule has 0 saturated carbocycles. The SMILES string of the molecule is CCn1c(C)cc(C(=O)COC2CC(C)OC(C)C2)c1C. The summed E-state index contributed by atoms with van der Waals surface area (Å²) in [5, 5.41) is 0. The van der Waals surface area contributed by atoms with Gasteiger partial charge < -0.3 is 14.0 Å². The summed E-state index contributed by atoms with van der Waals surface area (Å²) in [5.41, 5.74) is 2.96. The van der Waals surface area contributed by atoms with E-state index < -0.39 is 0 Å². The van der Waals surface area contributed by atoms with Crippen molar-refractivity contribution in [2.24, 2.45) is 0 Å². The molecule has 0 N–H and O–H groups in total. The number of carbonyl (C=O) groups excluding carboxylic acids is 1. The van der Waals surface area contributed by atoms with Crippen LogP contribution >= 0.6 is 0 Å². The number of aryl methyl sites for hydroxylation is 1. The number of hydrogen-bond acceptors (Lipinski definition) is 3. The molecule has 2 atom stereocenters. The van der Waals surface area contributed by atoms with Crippen LogP contribution in [0.3, 0.4) is 0 Å². The molecule has 2 unspecified atom stereocenters. The van der Waals surface area contributed by atoms with Crippen molar-refractivity contribution in [1.29, 1.82) is 0 Å². The molecule has 1 aromatic heterocycles. The van der Waals surface area contributed by atoms with Crippen LogP contribution < -0.4 is 0 Å². The zero-order chi connectivity index (χ0) is 15.6. The Hall–Kier alpha value is -1.13. The number of aromatic nitrogens is 1. The summed E-state index contributed by atoms with van der Waals surface area (Å²) in [5.74, 6) is 0.0783. The van der Waals surface area contributed by atoms with Crippen LogP contribution in [0.5, 0.6) is 0 Å². The summed E-state index contributed by atoms with van der Waals surface area (Å²) in [6.07, 6.45) is 2.28. The van der Waals surface area contributed by atoms with Crippen LogP contribution in [0.4, 0.5) is 0 Å². The van der Waals surface area contributed by atoms with Crippen molar-refractivity contribution in [3.8, 4) is 0 Å². The predicted octanol–water partition coefficient (Wildman–Crippen LogP) is 3.28. The summed E-state index contributed by atoms with van der Waals surface area (Å²) in [4.78, 5) is 12.4. The molecular weight excluding hydrogens is 266 g/mol. The number of rotatable bonds is 5. The van der Waals surface area contributed by atoms with Gasteiger partial charge >= 0.3 is 0 Å². The fourth-order valence-electron chi connectivity index (χ4n) is 3.32. The average molecular weight is 293 g/mol. The Morgan fingerprint density at radius 3 is 2.48 bits per heavy atom. The minimum atomic E-state index is 0.0783. The van der Waals surface area contributed by atoms with E-state index in [1.54, 1.807) is 0 Å². The van der Waals surface area contributed by atoms with E-state index >= 15 is 0 Å². The quantitative estimate of drug-likeness (QED) is 0.782. The minimum Gasteiger partial charge on any atom is -0.375 e. The summed E-state index contributed by atoms with van der Waals surface area (Å²) in [6, 6.07) is 1.97. The molecule has 21 heavy (non-hydrogen) atoms. The third kappa shape index (κ3) is 3.74. The lowest BCUT2D eigenvalue weighted by Gasteiger charge is -2.31. The molecule has 4 nitrogen and oxygen atoms in total. The molecule has 1 aliphatic rings. The standard InChI is InChI=1S/C17H27NO3/c1-6-18-11(2)7-16(14(18)5)17(19)10-20-15-8-12(3)21-13(4)9-15/h7,12-13,15H,6,8-10H2,1-5H3. The van der Waals surface area contributed by atoms with Gasteiger partial charge in [0.15, 0.2) is 5.78 Å². The average Bonchev–Trinajstić information content (AvgIpc) is 2.70. The Morgan fingerprint density at radius 1 is 1.33 bits per heavy atom. The van der Waals surface area contributed by atoms with Crippen LogP contribution in [0.25, 0.3) is 0 Å². The van der Waals surface area contributed by atoms with Crippen molar-refractivity contribution >= 4 is 5.78 Å². The lowest BCUT2D eigenvalue weighted by atomic mass is 10.0. The number of ketones is 1. The molecule has 0 radical (unpaired) electrons. The second kappa shape index (κ2) is 6.75. The molecule has 0 aromatic carbocycles. The first-order valence-corrected chi connectivity index (χ1v) is 7.89. The topological polar surface area (TPSA) is 40.5 Å². The number of nitrogens with zero attached hydrogens (tertiary/aromatic N) is 1. The molecule has 1 fully saturated rings.